The van der Waals surface area contributed by atoms with E-state index in [2.05, 4.69) is 27.3 Å². The first kappa shape index (κ1) is 24.0. The van der Waals surface area contributed by atoms with Crippen molar-refractivity contribution >= 4 is 5.91 Å². The first-order valence-electron chi connectivity index (χ1n) is 11.4. The van der Waals surface area contributed by atoms with Crippen LogP contribution in [0.5, 0.6) is 11.5 Å². The van der Waals surface area contributed by atoms with Gasteiger partial charge in [0.25, 0.3) is 5.91 Å². The second-order valence-corrected chi connectivity index (χ2v) is 8.12. The molecule has 0 saturated carbocycles. The standard InChI is InChI=1S/C28H29N3O4/c1-33-25-10-8-23(16-27(25)34-2)19-31(18-22-6-4-3-5-7-22)20-24-9-11-26(35-24)28(32)30-17-21-12-14-29-15-13-21/h3-16H,17-20H2,1-2H3,(H,30,32). The van der Waals surface area contributed by atoms with E-state index in [0.29, 0.717) is 36.9 Å². The number of aromatic nitrogens is 1. The highest BCUT2D eigenvalue weighted by atomic mass is 16.5. The largest absolute Gasteiger partial charge is 0.493 e. The van der Waals surface area contributed by atoms with E-state index in [-0.39, 0.29) is 5.91 Å². The number of pyridine rings is 1. The van der Waals surface area contributed by atoms with Crippen LogP contribution < -0.4 is 14.8 Å². The molecule has 0 bridgehead atoms. The number of hydrogen-bond acceptors (Lipinski definition) is 6. The molecule has 0 saturated heterocycles. The fourth-order valence-corrected chi connectivity index (χ4v) is 3.82. The third-order valence-corrected chi connectivity index (χ3v) is 5.57. The van der Waals surface area contributed by atoms with Gasteiger partial charge in [-0.15, -0.1) is 0 Å². The van der Waals surface area contributed by atoms with E-state index in [0.717, 1.165) is 23.4 Å². The molecule has 35 heavy (non-hydrogen) atoms. The normalized spacial score (nSPS) is 10.8. The summed E-state index contributed by atoms with van der Waals surface area (Å²) in [6, 6.07) is 23.5. The van der Waals surface area contributed by atoms with Crippen molar-refractivity contribution in [2.24, 2.45) is 0 Å². The number of benzene rings is 2. The van der Waals surface area contributed by atoms with Gasteiger partial charge in [-0.3, -0.25) is 14.7 Å². The maximum absolute atomic E-state index is 12.6. The van der Waals surface area contributed by atoms with Gasteiger partial charge in [0.2, 0.25) is 0 Å². The van der Waals surface area contributed by atoms with Crippen LogP contribution in [-0.2, 0) is 26.2 Å². The number of nitrogens with one attached hydrogen (secondary N) is 1. The molecule has 1 amide bonds. The minimum atomic E-state index is -0.248. The second-order valence-electron chi connectivity index (χ2n) is 8.12. The Balaban J connectivity index is 1.46. The van der Waals surface area contributed by atoms with Crippen molar-refractivity contribution < 1.29 is 18.7 Å². The van der Waals surface area contributed by atoms with Crippen LogP contribution in [0.2, 0.25) is 0 Å². The zero-order valence-corrected chi connectivity index (χ0v) is 19.9. The van der Waals surface area contributed by atoms with Gasteiger partial charge < -0.3 is 19.2 Å². The van der Waals surface area contributed by atoms with Gasteiger partial charge >= 0.3 is 0 Å². The van der Waals surface area contributed by atoms with Crippen molar-refractivity contribution in [2.45, 2.75) is 26.2 Å². The molecular weight excluding hydrogens is 442 g/mol. The van der Waals surface area contributed by atoms with Crippen molar-refractivity contribution in [2.75, 3.05) is 14.2 Å². The van der Waals surface area contributed by atoms with Crippen molar-refractivity contribution in [3.05, 3.63) is 113 Å². The van der Waals surface area contributed by atoms with Crippen LogP contribution in [0, 0.1) is 0 Å². The molecule has 7 heteroatoms. The van der Waals surface area contributed by atoms with Crippen LogP contribution in [0.15, 0.2) is 89.6 Å². The number of nitrogens with zero attached hydrogens (tertiary/aromatic N) is 2. The van der Waals surface area contributed by atoms with Crippen LogP contribution in [0.25, 0.3) is 0 Å². The molecule has 1 N–H and O–H groups in total. The summed E-state index contributed by atoms with van der Waals surface area (Å²) in [6.45, 7) is 2.34. The highest BCUT2D eigenvalue weighted by Gasteiger charge is 2.15. The number of carbonyl (C=O) groups is 1. The second kappa shape index (κ2) is 11.9. The van der Waals surface area contributed by atoms with Gasteiger partial charge in [0.15, 0.2) is 17.3 Å². The Kier molecular flexibility index (Phi) is 8.14. The summed E-state index contributed by atoms with van der Waals surface area (Å²) >= 11 is 0. The first-order valence-corrected chi connectivity index (χ1v) is 11.4. The number of furan rings is 1. The molecule has 0 radical (unpaired) electrons. The Morgan fingerprint density at radius 3 is 2.31 bits per heavy atom. The predicted molar refractivity (Wildman–Crippen MR) is 133 cm³/mol. The molecule has 180 valence electrons. The third-order valence-electron chi connectivity index (χ3n) is 5.57. The minimum absolute atomic E-state index is 0.248. The van der Waals surface area contributed by atoms with Crippen molar-refractivity contribution in [3.63, 3.8) is 0 Å². The van der Waals surface area contributed by atoms with Gasteiger partial charge in [-0.25, -0.2) is 0 Å². The fraction of sp³-hybridized carbons (Fsp3) is 0.214. The van der Waals surface area contributed by atoms with Gasteiger partial charge in [-0.1, -0.05) is 36.4 Å². The quantitative estimate of drug-likeness (QED) is 0.338. The van der Waals surface area contributed by atoms with E-state index in [1.54, 1.807) is 32.7 Å². The Hall–Kier alpha value is -4.10. The molecule has 4 aromatic rings. The number of carbonyl (C=O) groups excluding carboxylic acids is 1. The van der Waals surface area contributed by atoms with Crippen LogP contribution >= 0.6 is 0 Å². The predicted octanol–water partition coefficient (Wildman–Crippen LogP) is 4.82. The van der Waals surface area contributed by atoms with E-state index in [4.69, 9.17) is 13.9 Å². The monoisotopic (exact) mass is 471 g/mol. The zero-order valence-electron chi connectivity index (χ0n) is 19.9. The van der Waals surface area contributed by atoms with Gasteiger partial charge in [0, 0.05) is 32.0 Å². The molecule has 7 nitrogen and oxygen atoms in total. The molecule has 0 unspecified atom stereocenters. The van der Waals surface area contributed by atoms with E-state index in [9.17, 15) is 4.79 Å². The summed E-state index contributed by atoms with van der Waals surface area (Å²) in [4.78, 5) is 18.8. The van der Waals surface area contributed by atoms with Crippen LogP contribution in [-0.4, -0.2) is 30.0 Å². The average Bonchev–Trinajstić information content (AvgIpc) is 3.37. The maximum atomic E-state index is 12.6. The van der Waals surface area contributed by atoms with Crippen LogP contribution in [0.3, 0.4) is 0 Å². The maximum Gasteiger partial charge on any atom is 0.287 e. The highest BCUT2D eigenvalue weighted by molar-refractivity contribution is 5.91. The highest BCUT2D eigenvalue weighted by Crippen LogP contribution is 2.28. The summed E-state index contributed by atoms with van der Waals surface area (Å²) in [7, 11) is 3.26. The van der Waals surface area contributed by atoms with Gasteiger partial charge in [0.05, 0.1) is 20.8 Å². The molecular formula is C28H29N3O4. The van der Waals surface area contributed by atoms with Crippen molar-refractivity contribution in [3.8, 4) is 11.5 Å². The first-order chi connectivity index (χ1) is 17.1. The van der Waals surface area contributed by atoms with Gasteiger partial charge in [-0.05, 0) is 53.1 Å². The van der Waals surface area contributed by atoms with E-state index in [1.165, 1.54) is 5.56 Å². The molecule has 4 rings (SSSR count). The number of hydrogen-bond donors (Lipinski definition) is 1. The lowest BCUT2D eigenvalue weighted by Gasteiger charge is -2.22. The molecule has 0 fully saturated rings. The number of methoxy groups -OCH3 is 2. The van der Waals surface area contributed by atoms with E-state index >= 15 is 0 Å². The number of amides is 1. The lowest BCUT2D eigenvalue weighted by molar-refractivity contribution is 0.0918. The lowest BCUT2D eigenvalue weighted by Crippen LogP contribution is -2.23. The smallest absolute Gasteiger partial charge is 0.287 e. The molecule has 2 heterocycles. The summed E-state index contributed by atoms with van der Waals surface area (Å²) in [5.74, 6) is 2.15. The molecule has 0 aliphatic heterocycles. The summed E-state index contributed by atoms with van der Waals surface area (Å²) in [5.41, 5.74) is 3.25. The van der Waals surface area contributed by atoms with Crippen molar-refractivity contribution in [1.82, 2.24) is 15.2 Å². The summed E-state index contributed by atoms with van der Waals surface area (Å²) < 4.78 is 16.7. The number of ether oxygens (including phenoxy) is 2. The zero-order chi connectivity index (χ0) is 24.5. The SMILES string of the molecule is COc1ccc(CN(Cc2ccccc2)Cc2ccc(C(=O)NCc3ccncc3)o2)cc1OC. The lowest BCUT2D eigenvalue weighted by atomic mass is 10.1. The molecule has 2 aromatic carbocycles. The van der Waals surface area contributed by atoms with Gasteiger partial charge in [-0.2, -0.15) is 0 Å². The Morgan fingerprint density at radius 1 is 0.829 bits per heavy atom. The topological polar surface area (TPSA) is 76.8 Å². The molecule has 0 aliphatic carbocycles. The molecule has 0 atom stereocenters. The Bertz CT molecular complexity index is 1230. The average molecular weight is 472 g/mol. The number of rotatable bonds is 11. The Morgan fingerprint density at radius 2 is 1.57 bits per heavy atom. The third kappa shape index (κ3) is 6.71. The Labute approximate surface area is 205 Å². The van der Waals surface area contributed by atoms with E-state index < -0.39 is 0 Å². The summed E-state index contributed by atoms with van der Waals surface area (Å²) in [6.07, 6.45) is 3.40. The molecule has 2 aromatic heterocycles. The summed E-state index contributed by atoms with van der Waals surface area (Å²) in [5, 5.41) is 2.89. The molecule has 0 aliphatic rings. The van der Waals surface area contributed by atoms with Crippen LogP contribution in [0.1, 0.15) is 33.0 Å². The van der Waals surface area contributed by atoms with Gasteiger partial charge in [0.1, 0.15) is 5.76 Å². The molecule has 0 spiro atoms. The minimum Gasteiger partial charge on any atom is -0.493 e. The van der Waals surface area contributed by atoms with E-state index in [1.807, 2.05) is 54.6 Å². The fourth-order valence-electron chi connectivity index (χ4n) is 3.82. The van der Waals surface area contributed by atoms with Crippen LogP contribution in [0.4, 0.5) is 0 Å². The van der Waals surface area contributed by atoms with Crippen molar-refractivity contribution in [1.29, 1.82) is 0 Å².